The molecule has 166 valence electrons. The highest BCUT2D eigenvalue weighted by Gasteiger charge is 2.32. The van der Waals surface area contributed by atoms with Crippen LogP contribution in [0.3, 0.4) is 0 Å². The zero-order chi connectivity index (χ0) is 22.0. The van der Waals surface area contributed by atoms with Crippen molar-refractivity contribution < 1.29 is 23.1 Å². The predicted octanol–water partition coefficient (Wildman–Crippen LogP) is 3.82. The van der Waals surface area contributed by atoms with Crippen LogP contribution in [0.25, 0.3) is 0 Å². The van der Waals surface area contributed by atoms with E-state index in [1.165, 1.54) is 12.8 Å². The van der Waals surface area contributed by atoms with Crippen molar-refractivity contribution in [2.75, 3.05) is 6.61 Å². The molecule has 1 fully saturated rings. The second-order valence-corrected chi connectivity index (χ2v) is 8.70. The van der Waals surface area contributed by atoms with E-state index in [-0.39, 0.29) is 11.9 Å². The molecule has 1 aliphatic carbocycles. The Bertz CT molecular complexity index is 963. The molecule has 1 saturated carbocycles. The lowest BCUT2D eigenvalue weighted by atomic mass is 9.95. The number of aldehydes is 1. The molecule has 31 heavy (non-hydrogen) atoms. The Balaban J connectivity index is 1.38. The summed E-state index contributed by atoms with van der Waals surface area (Å²) in [5, 5.41) is 7.56. The van der Waals surface area contributed by atoms with Gasteiger partial charge in [-0.1, -0.05) is 25.0 Å². The molecule has 1 aliphatic heterocycles. The van der Waals surface area contributed by atoms with Gasteiger partial charge in [-0.3, -0.25) is 14.3 Å². The number of ether oxygens (including phenoxy) is 1. The summed E-state index contributed by atoms with van der Waals surface area (Å²) in [5.74, 6) is -2.03. The van der Waals surface area contributed by atoms with Gasteiger partial charge in [-0.25, -0.2) is 8.78 Å². The van der Waals surface area contributed by atoms with E-state index < -0.39 is 12.5 Å². The van der Waals surface area contributed by atoms with Crippen LogP contribution in [0.15, 0.2) is 24.3 Å². The topological polar surface area (TPSA) is 73.2 Å². The van der Waals surface area contributed by atoms with Gasteiger partial charge in [0.1, 0.15) is 11.4 Å². The molecule has 1 aromatic heterocycles. The summed E-state index contributed by atoms with van der Waals surface area (Å²) in [4.78, 5) is 24.3. The van der Waals surface area contributed by atoms with Crippen LogP contribution in [0, 0.1) is 5.92 Å². The van der Waals surface area contributed by atoms with Gasteiger partial charge in [0, 0.05) is 25.9 Å². The van der Waals surface area contributed by atoms with Gasteiger partial charge in [-0.2, -0.15) is 5.10 Å². The van der Waals surface area contributed by atoms with E-state index in [0.29, 0.717) is 54.4 Å². The lowest BCUT2D eigenvalue weighted by Gasteiger charge is -2.23. The molecule has 1 N–H and O–H groups in total. The number of hydrogen-bond acceptors (Lipinski definition) is 4. The number of hydrogen-bond donors (Lipinski definition) is 1. The summed E-state index contributed by atoms with van der Waals surface area (Å²) in [5.41, 5.74) is 2.39. The van der Waals surface area contributed by atoms with Crippen LogP contribution in [-0.2, 0) is 19.4 Å². The molecule has 0 radical (unpaired) electrons. The first kappa shape index (κ1) is 21.5. The zero-order valence-electron chi connectivity index (χ0n) is 17.6. The monoisotopic (exact) mass is 431 g/mol. The number of carbonyl (C=O) groups excluding carboxylic acids is 2. The Morgan fingerprint density at radius 2 is 2.13 bits per heavy atom. The first-order valence-corrected chi connectivity index (χ1v) is 10.8. The molecule has 8 heteroatoms. The maximum atomic E-state index is 13.0. The van der Waals surface area contributed by atoms with E-state index in [9.17, 15) is 18.4 Å². The van der Waals surface area contributed by atoms with Crippen LogP contribution in [0.2, 0.25) is 0 Å². The van der Waals surface area contributed by atoms with Crippen LogP contribution in [0.1, 0.15) is 64.7 Å². The fraction of sp³-hybridized carbons (Fsp3) is 0.522. The second-order valence-electron chi connectivity index (χ2n) is 8.70. The van der Waals surface area contributed by atoms with Gasteiger partial charge in [-0.05, 0) is 42.9 Å². The smallest absolute Gasteiger partial charge is 0.278 e. The summed E-state index contributed by atoms with van der Waals surface area (Å²) in [6.07, 6.45) is 6.06. The Hall–Kier alpha value is -2.77. The van der Waals surface area contributed by atoms with E-state index in [1.54, 1.807) is 22.9 Å². The molecule has 6 nitrogen and oxygen atoms in total. The van der Waals surface area contributed by atoms with Crippen LogP contribution in [0.5, 0.6) is 5.75 Å². The Labute approximate surface area is 180 Å². The van der Waals surface area contributed by atoms with Gasteiger partial charge in [-0.15, -0.1) is 0 Å². The standard InChI is InChI=1S/C23H27F2N3O3/c1-23(24,25)14-31-18-4-2-3-16(11-18)7-8-17-12-19-21(22(30)26-17)20(13-29)28(27-19)10-9-15-5-6-15/h2-4,11,13,15,17H,5-10,12,14H2,1H3,(H,26,30)/t17-/m0/s1. The highest BCUT2D eigenvalue weighted by molar-refractivity contribution is 6.02. The molecular formula is C23H27F2N3O3. The minimum absolute atomic E-state index is 0.101. The van der Waals surface area contributed by atoms with Crippen LogP contribution < -0.4 is 10.1 Å². The molecule has 0 unspecified atom stereocenters. The molecule has 0 saturated heterocycles. The van der Waals surface area contributed by atoms with Crippen molar-refractivity contribution in [1.29, 1.82) is 0 Å². The fourth-order valence-corrected chi connectivity index (χ4v) is 3.98. The van der Waals surface area contributed by atoms with Crippen molar-refractivity contribution in [3.63, 3.8) is 0 Å². The largest absolute Gasteiger partial charge is 0.487 e. The molecule has 1 aromatic carbocycles. The third kappa shape index (κ3) is 5.48. The number of nitrogens with one attached hydrogen (secondary N) is 1. The van der Waals surface area contributed by atoms with Crippen molar-refractivity contribution in [3.05, 3.63) is 46.8 Å². The maximum Gasteiger partial charge on any atom is 0.278 e. The van der Waals surface area contributed by atoms with Gasteiger partial charge in [0.25, 0.3) is 11.8 Å². The first-order valence-electron chi connectivity index (χ1n) is 10.8. The average Bonchev–Trinajstić information content (AvgIpc) is 3.48. The predicted molar refractivity (Wildman–Crippen MR) is 111 cm³/mol. The molecule has 0 spiro atoms. The van der Waals surface area contributed by atoms with Crippen molar-refractivity contribution in [3.8, 4) is 5.75 Å². The minimum atomic E-state index is -2.89. The van der Waals surface area contributed by atoms with E-state index >= 15 is 0 Å². The van der Waals surface area contributed by atoms with Gasteiger partial charge >= 0.3 is 0 Å². The Kier molecular flexibility index (Phi) is 6.07. The lowest BCUT2D eigenvalue weighted by Crippen LogP contribution is -2.41. The number of alkyl halides is 2. The minimum Gasteiger partial charge on any atom is -0.487 e. The molecule has 0 bridgehead atoms. The average molecular weight is 431 g/mol. The van der Waals surface area contributed by atoms with Gasteiger partial charge < -0.3 is 10.1 Å². The number of rotatable bonds is 10. The van der Waals surface area contributed by atoms with Crippen molar-refractivity contribution >= 4 is 12.2 Å². The van der Waals surface area contributed by atoms with E-state index in [0.717, 1.165) is 25.2 Å². The molecule has 2 heterocycles. The summed E-state index contributed by atoms with van der Waals surface area (Å²) in [7, 11) is 0. The zero-order valence-corrected chi connectivity index (χ0v) is 17.6. The van der Waals surface area contributed by atoms with Crippen LogP contribution in [0.4, 0.5) is 8.78 Å². The highest BCUT2D eigenvalue weighted by Crippen LogP contribution is 2.33. The van der Waals surface area contributed by atoms with Crippen LogP contribution in [-0.4, -0.2) is 40.5 Å². The number of carbonyl (C=O) groups is 2. The first-order chi connectivity index (χ1) is 14.8. The van der Waals surface area contributed by atoms with Gasteiger partial charge in [0.15, 0.2) is 12.9 Å². The molecule has 2 aliphatic rings. The summed E-state index contributed by atoms with van der Waals surface area (Å²) in [6.45, 7) is 0.813. The Morgan fingerprint density at radius 1 is 1.32 bits per heavy atom. The quantitative estimate of drug-likeness (QED) is 0.581. The summed E-state index contributed by atoms with van der Waals surface area (Å²) >= 11 is 0. The molecular weight excluding hydrogens is 404 g/mol. The summed E-state index contributed by atoms with van der Waals surface area (Å²) < 4.78 is 32.9. The van der Waals surface area contributed by atoms with Gasteiger partial charge in [0.05, 0.1) is 11.3 Å². The van der Waals surface area contributed by atoms with Crippen molar-refractivity contribution in [2.45, 2.75) is 64.0 Å². The second kappa shape index (κ2) is 8.77. The van der Waals surface area contributed by atoms with E-state index in [2.05, 4.69) is 10.4 Å². The van der Waals surface area contributed by atoms with Crippen molar-refractivity contribution in [2.24, 2.45) is 5.92 Å². The lowest BCUT2D eigenvalue weighted by molar-refractivity contribution is -0.0229. The normalized spacial score (nSPS) is 18.4. The number of aromatic nitrogens is 2. The number of benzene rings is 1. The van der Waals surface area contributed by atoms with Crippen molar-refractivity contribution in [1.82, 2.24) is 15.1 Å². The fourth-order valence-electron chi connectivity index (χ4n) is 3.98. The molecule has 4 rings (SSSR count). The SMILES string of the molecule is CC(F)(F)COc1cccc(CC[C@H]2Cc3nn(CCC4CC4)c(C=O)c3C(=O)N2)c1. The van der Waals surface area contributed by atoms with E-state index in [4.69, 9.17) is 4.74 Å². The number of aryl methyl sites for hydroxylation is 2. The molecule has 1 atom stereocenters. The summed E-state index contributed by atoms with van der Waals surface area (Å²) in [6, 6.07) is 6.98. The third-order valence-corrected chi connectivity index (χ3v) is 5.80. The third-order valence-electron chi connectivity index (χ3n) is 5.80. The number of halogens is 2. The number of amides is 1. The number of nitrogens with zero attached hydrogens (tertiary/aromatic N) is 2. The highest BCUT2D eigenvalue weighted by atomic mass is 19.3. The molecule has 2 aromatic rings. The van der Waals surface area contributed by atoms with E-state index in [1.807, 2.05) is 6.07 Å². The molecule has 1 amide bonds. The number of fused-ring (bicyclic) bond motifs is 1. The van der Waals surface area contributed by atoms with Crippen LogP contribution >= 0.6 is 0 Å². The maximum absolute atomic E-state index is 13.0. The Morgan fingerprint density at radius 3 is 2.84 bits per heavy atom. The van der Waals surface area contributed by atoms with Gasteiger partial charge in [0.2, 0.25) is 0 Å².